The predicted octanol–water partition coefficient (Wildman–Crippen LogP) is 8.92. The van der Waals surface area contributed by atoms with Crippen LogP contribution in [0, 0.1) is 29.2 Å². The molecule has 4 nitrogen and oxygen atoms in total. The van der Waals surface area contributed by atoms with E-state index >= 15 is 8.78 Å². The van der Waals surface area contributed by atoms with E-state index in [9.17, 15) is 13.6 Å². The summed E-state index contributed by atoms with van der Waals surface area (Å²) in [5.41, 5.74) is 0.968. The van der Waals surface area contributed by atoms with Crippen molar-refractivity contribution in [1.82, 2.24) is 0 Å². The maximum absolute atomic E-state index is 15.2. The molecule has 1 fully saturated rings. The largest absolute Gasteiger partial charge is 0.494 e. The molecule has 3 aromatic carbocycles. The molecule has 1 aliphatic rings. The first-order chi connectivity index (χ1) is 19.8. The summed E-state index contributed by atoms with van der Waals surface area (Å²) in [4.78, 5) is 12.7. The van der Waals surface area contributed by atoms with Gasteiger partial charge < -0.3 is 14.2 Å². The minimum atomic E-state index is -1.31. The molecule has 218 valence electrons. The minimum Gasteiger partial charge on any atom is -0.494 e. The van der Waals surface area contributed by atoms with E-state index in [2.05, 4.69) is 13.5 Å². The normalized spacial score (nSPS) is 16.7. The van der Waals surface area contributed by atoms with Crippen LogP contribution in [0.3, 0.4) is 0 Å². The van der Waals surface area contributed by atoms with Crippen LogP contribution in [-0.2, 0) is 4.79 Å². The fourth-order valence-corrected chi connectivity index (χ4v) is 4.96. The van der Waals surface area contributed by atoms with Gasteiger partial charge >= 0.3 is 5.97 Å². The molecule has 0 amide bonds. The second kappa shape index (κ2) is 14.2. The maximum Gasteiger partial charge on any atom is 0.314 e. The van der Waals surface area contributed by atoms with Gasteiger partial charge in [-0.25, -0.2) is 8.78 Å². The Morgan fingerprint density at radius 1 is 0.829 bits per heavy atom. The lowest BCUT2D eigenvalue weighted by Crippen LogP contribution is -2.26. The maximum atomic E-state index is 15.2. The van der Waals surface area contributed by atoms with Gasteiger partial charge in [-0.05, 0) is 79.8 Å². The Hall–Kier alpha value is -3.81. The highest BCUT2D eigenvalue weighted by Gasteiger charge is 2.31. The lowest BCUT2D eigenvalue weighted by atomic mass is 9.78. The number of hydrogen-bond acceptors (Lipinski definition) is 4. The van der Waals surface area contributed by atoms with Crippen LogP contribution in [0.1, 0.15) is 63.4 Å². The molecular formula is C33H34F4O4. The monoisotopic (exact) mass is 570 g/mol. The molecule has 0 saturated heterocycles. The number of unbranched alkanes of at least 4 members (excludes halogenated alkanes) is 1. The summed E-state index contributed by atoms with van der Waals surface area (Å²) >= 11 is 0. The van der Waals surface area contributed by atoms with Crippen LogP contribution in [0.2, 0.25) is 0 Å². The molecule has 0 aliphatic heterocycles. The highest BCUT2D eigenvalue weighted by atomic mass is 19.2. The van der Waals surface area contributed by atoms with Crippen molar-refractivity contribution >= 4 is 5.97 Å². The fourth-order valence-electron chi connectivity index (χ4n) is 4.96. The molecule has 0 N–H and O–H groups in total. The summed E-state index contributed by atoms with van der Waals surface area (Å²) in [6, 6.07) is 12.4. The quantitative estimate of drug-likeness (QED) is 0.0717. The van der Waals surface area contributed by atoms with E-state index in [1.807, 2.05) is 0 Å². The van der Waals surface area contributed by atoms with Crippen molar-refractivity contribution in [3.05, 3.63) is 90.0 Å². The zero-order chi connectivity index (χ0) is 29.4. The number of rotatable bonds is 12. The molecule has 0 aromatic heterocycles. The Morgan fingerprint density at radius 2 is 1.51 bits per heavy atom. The second-order valence-electron chi connectivity index (χ2n) is 10.1. The molecule has 4 rings (SSSR count). The van der Waals surface area contributed by atoms with Crippen LogP contribution in [0.25, 0.3) is 11.1 Å². The van der Waals surface area contributed by atoms with Crippen LogP contribution < -0.4 is 14.2 Å². The van der Waals surface area contributed by atoms with Gasteiger partial charge in [0.1, 0.15) is 5.75 Å². The van der Waals surface area contributed by atoms with E-state index in [1.165, 1.54) is 6.07 Å². The zero-order valence-electron chi connectivity index (χ0n) is 23.1. The van der Waals surface area contributed by atoms with E-state index in [-0.39, 0.29) is 29.4 Å². The average Bonchev–Trinajstić information content (AvgIpc) is 2.99. The van der Waals surface area contributed by atoms with Crippen molar-refractivity contribution in [3.8, 4) is 28.4 Å². The third-order valence-electron chi connectivity index (χ3n) is 7.35. The van der Waals surface area contributed by atoms with Crippen molar-refractivity contribution in [2.45, 2.75) is 57.8 Å². The Balaban J connectivity index is 1.36. The Labute approximate surface area is 237 Å². The standard InChI is InChI=1S/C33H34F4O4/c1-3-5-19-39-24-13-11-22(12-14-24)26-16-15-25(29(34)30(26)35)21-7-9-23(10-8-21)33(38)41-28-18-17-27(31(36)32(28)37)40-20-6-4-2/h4,11-18,21,23H,2-3,5-10,19-20H2,1H3. The van der Waals surface area contributed by atoms with E-state index in [4.69, 9.17) is 14.2 Å². The number of ether oxygens (including phenoxy) is 3. The summed E-state index contributed by atoms with van der Waals surface area (Å²) in [7, 11) is 0. The summed E-state index contributed by atoms with van der Waals surface area (Å²) in [6.07, 6.45) is 5.54. The van der Waals surface area contributed by atoms with Gasteiger partial charge in [0.25, 0.3) is 0 Å². The first-order valence-corrected chi connectivity index (χ1v) is 14.0. The summed E-state index contributed by atoms with van der Waals surface area (Å²) in [5, 5.41) is 0. The van der Waals surface area contributed by atoms with Crippen LogP contribution in [0.4, 0.5) is 17.6 Å². The molecule has 1 aliphatic carbocycles. The van der Waals surface area contributed by atoms with Gasteiger partial charge in [-0.2, -0.15) is 8.78 Å². The van der Waals surface area contributed by atoms with Gasteiger partial charge in [0, 0.05) is 5.56 Å². The highest BCUT2D eigenvalue weighted by Crippen LogP contribution is 2.40. The number of carbonyl (C=O) groups is 1. The smallest absolute Gasteiger partial charge is 0.314 e. The third-order valence-corrected chi connectivity index (χ3v) is 7.35. The van der Waals surface area contributed by atoms with Gasteiger partial charge in [0.05, 0.1) is 19.1 Å². The predicted molar refractivity (Wildman–Crippen MR) is 149 cm³/mol. The van der Waals surface area contributed by atoms with Gasteiger partial charge in [-0.1, -0.05) is 43.7 Å². The third kappa shape index (κ3) is 7.29. The average molecular weight is 571 g/mol. The van der Waals surface area contributed by atoms with Gasteiger partial charge in [-0.3, -0.25) is 4.79 Å². The first-order valence-electron chi connectivity index (χ1n) is 14.0. The number of benzene rings is 3. The number of halogens is 4. The van der Waals surface area contributed by atoms with Crippen LogP contribution in [0.5, 0.6) is 17.2 Å². The second-order valence-corrected chi connectivity index (χ2v) is 10.1. The van der Waals surface area contributed by atoms with E-state index in [1.54, 1.807) is 42.5 Å². The van der Waals surface area contributed by atoms with Crippen molar-refractivity contribution in [2.24, 2.45) is 5.92 Å². The van der Waals surface area contributed by atoms with Gasteiger partial charge in [-0.15, -0.1) is 6.58 Å². The number of carbonyl (C=O) groups excluding carboxylic acids is 1. The van der Waals surface area contributed by atoms with Crippen LogP contribution in [0.15, 0.2) is 61.2 Å². The van der Waals surface area contributed by atoms with Crippen molar-refractivity contribution < 1.29 is 36.6 Å². The minimum absolute atomic E-state index is 0.136. The lowest BCUT2D eigenvalue weighted by Gasteiger charge is -2.28. The van der Waals surface area contributed by atoms with E-state index < -0.39 is 40.9 Å². The zero-order valence-corrected chi connectivity index (χ0v) is 23.1. The van der Waals surface area contributed by atoms with Gasteiger partial charge in [0.2, 0.25) is 11.6 Å². The molecular weight excluding hydrogens is 536 g/mol. The molecule has 41 heavy (non-hydrogen) atoms. The highest BCUT2D eigenvalue weighted by molar-refractivity contribution is 5.75. The Kier molecular flexibility index (Phi) is 10.4. The van der Waals surface area contributed by atoms with E-state index in [0.717, 1.165) is 18.9 Å². The van der Waals surface area contributed by atoms with Crippen molar-refractivity contribution in [3.63, 3.8) is 0 Å². The molecule has 1 saturated carbocycles. The molecule has 0 spiro atoms. The molecule has 0 atom stereocenters. The molecule has 0 radical (unpaired) electrons. The summed E-state index contributed by atoms with van der Waals surface area (Å²) in [5.74, 6) is -6.02. The summed E-state index contributed by atoms with van der Waals surface area (Å²) in [6.45, 7) is 6.34. The molecule has 3 aromatic rings. The molecule has 8 heteroatoms. The van der Waals surface area contributed by atoms with E-state index in [0.29, 0.717) is 50.0 Å². The lowest BCUT2D eigenvalue weighted by molar-refractivity contribution is -0.140. The fraction of sp³-hybridized carbons (Fsp3) is 0.364. The Bertz CT molecular complexity index is 1350. The molecule has 0 unspecified atom stereocenters. The van der Waals surface area contributed by atoms with Crippen molar-refractivity contribution in [1.29, 1.82) is 0 Å². The SMILES string of the molecule is C=CCCOc1ccc(OC(=O)C2CCC(c3ccc(-c4ccc(OCCCC)cc4)c(F)c3F)CC2)c(F)c1F. The Morgan fingerprint density at radius 3 is 2.20 bits per heavy atom. The van der Waals surface area contributed by atoms with Crippen LogP contribution >= 0.6 is 0 Å². The molecule has 0 heterocycles. The molecule has 0 bridgehead atoms. The van der Waals surface area contributed by atoms with Crippen molar-refractivity contribution in [2.75, 3.05) is 13.2 Å². The number of esters is 1. The van der Waals surface area contributed by atoms with Gasteiger partial charge in [0.15, 0.2) is 23.1 Å². The topological polar surface area (TPSA) is 44.8 Å². The van der Waals surface area contributed by atoms with Crippen LogP contribution in [-0.4, -0.2) is 19.2 Å². The summed E-state index contributed by atoms with van der Waals surface area (Å²) < 4.78 is 75.1. The first kappa shape index (κ1) is 30.2. The number of hydrogen-bond donors (Lipinski definition) is 0.